The van der Waals surface area contributed by atoms with Gasteiger partial charge in [-0.3, -0.25) is 4.79 Å². The van der Waals surface area contributed by atoms with Crippen LogP contribution in [-0.2, 0) is 11.2 Å². The van der Waals surface area contributed by atoms with E-state index in [1.165, 1.54) is 0 Å². The summed E-state index contributed by atoms with van der Waals surface area (Å²) in [4.78, 5) is 10.9. The van der Waals surface area contributed by atoms with Gasteiger partial charge in [0.15, 0.2) is 0 Å². The quantitative estimate of drug-likeness (QED) is 0.881. The van der Waals surface area contributed by atoms with Crippen molar-refractivity contribution in [2.75, 3.05) is 0 Å². The van der Waals surface area contributed by atoms with Gasteiger partial charge < -0.3 is 5.11 Å². The van der Waals surface area contributed by atoms with Crippen molar-refractivity contribution in [1.82, 2.24) is 0 Å². The first-order chi connectivity index (χ1) is 7.06. The van der Waals surface area contributed by atoms with Crippen molar-refractivity contribution in [3.8, 4) is 0 Å². The third kappa shape index (κ3) is 3.11. The van der Waals surface area contributed by atoms with E-state index < -0.39 is 11.9 Å². The first-order valence-corrected chi connectivity index (χ1v) is 5.47. The average Bonchev–Trinajstić information content (AvgIpc) is 2.17. The highest BCUT2D eigenvalue weighted by molar-refractivity contribution is 6.36. The van der Waals surface area contributed by atoms with Crippen molar-refractivity contribution in [1.29, 1.82) is 0 Å². The third-order valence-corrected chi connectivity index (χ3v) is 3.06. The Hall–Kier alpha value is -0.730. The molecule has 1 aromatic carbocycles. The van der Waals surface area contributed by atoms with Crippen LogP contribution in [0.25, 0.3) is 0 Å². The van der Waals surface area contributed by atoms with Gasteiger partial charge in [-0.1, -0.05) is 36.2 Å². The molecule has 2 nitrogen and oxygen atoms in total. The SMILES string of the molecule is CCC(Cc1c(Cl)cccc1Cl)C(=O)O. The Morgan fingerprint density at radius 3 is 2.33 bits per heavy atom. The van der Waals surface area contributed by atoms with E-state index in [-0.39, 0.29) is 0 Å². The largest absolute Gasteiger partial charge is 0.481 e. The standard InChI is InChI=1S/C11H12Cl2O2/c1-2-7(11(14)15)6-8-9(12)4-3-5-10(8)13/h3-5,7H,2,6H2,1H3,(H,14,15). The van der Waals surface area contributed by atoms with Crippen LogP contribution in [0, 0.1) is 5.92 Å². The number of benzene rings is 1. The minimum atomic E-state index is -0.812. The maximum atomic E-state index is 10.9. The molecule has 0 aliphatic carbocycles. The molecule has 0 aliphatic rings. The molecule has 0 spiro atoms. The number of hydrogen-bond donors (Lipinski definition) is 1. The summed E-state index contributed by atoms with van der Waals surface area (Å²) in [5, 5.41) is 9.99. The molecule has 1 N–H and O–H groups in total. The minimum Gasteiger partial charge on any atom is -0.481 e. The lowest BCUT2D eigenvalue weighted by Gasteiger charge is -2.12. The fourth-order valence-corrected chi connectivity index (χ4v) is 1.93. The molecule has 0 radical (unpaired) electrons. The number of hydrogen-bond acceptors (Lipinski definition) is 1. The molecule has 0 bridgehead atoms. The number of carboxylic acid groups (broad SMARTS) is 1. The van der Waals surface area contributed by atoms with E-state index in [0.717, 1.165) is 5.56 Å². The van der Waals surface area contributed by atoms with E-state index in [1.54, 1.807) is 18.2 Å². The Kier molecular flexibility index (Phi) is 4.43. The van der Waals surface area contributed by atoms with Crippen LogP contribution in [0.15, 0.2) is 18.2 Å². The zero-order chi connectivity index (χ0) is 11.4. The molecule has 0 amide bonds. The van der Waals surface area contributed by atoms with Crippen molar-refractivity contribution >= 4 is 29.2 Å². The van der Waals surface area contributed by atoms with E-state index in [2.05, 4.69) is 0 Å². The summed E-state index contributed by atoms with van der Waals surface area (Å²) in [5.41, 5.74) is 0.718. The molecule has 0 saturated heterocycles. The van der Waals surface area contributed by atoms with Gasteiger partial charge in [0.1, 0.15) is 0 Å². The molecule has 0 saturated carbocycles. The Bertz CT molecular complexity index is 343. The Balaban J connectivity index is 2.92. The van der Waals surface area contributed by atoms with Crippen LogP contribution in [-0.4, -0.2) is 11.1 Å². The summed E-state index contributed by atoms with van der Waals surface area (Å²) in [6.07, 6.45) is 0.946. The fourth-order valence-electron chi connectivity index (χ4n) is 1.38. The molecule has 0 fully saturated rings. The molecule has 1 rings (SSSR count). The van der Waals surface area contributed by atoms with Crippen LogP contribution < -0.4 is 0 Å². The molecular formula is C11H12Cl2O2. The van der Waals surface area contributed by atoms with Gasteiger partial charge in [-0.05, 0) is 30.5 Å². The van der Waals surface area contributed by atoms with Crippen LogP contribution in [0.5, 0.6) is 0 Å². The molecule has 1 unspecified atom stereocenters. The van der Waals surface area contributed by atoms with Crippen LogP contribution in [0.4, 0.5) is 0 Å². The Morgan fingerprint density at radius 2 is 1.93 bits per heavy atom. The molecule has 82 valence electrons. The van der Waals surface area contributed by atoms with Gasteiger partial charge in [0, 0.05) is 10.0 Å². The topological polar surface area (TPSA) is 37.3 Å². The summed E-state index contributed by atoms with van der Waals surface area (Å²) < 4.78 is 0. The van der Waals surface area contributed by atoms with Crippen molar-refractivity contribution in [3.05, 3.63) is 33.8 Å². The molecule has 1 aromatic rings. The predicted octanol–water partition coefficient (Wildman–Crippen LogP) is 3.65. The Labute approximate surface area is 98.8 Å². The average molecular weight is 247 g/mol. The highest BCUT2D eigenvalue weighted by Crippen LogP contribution is 2.27. The monoisotopic (exact) mass is 246 g/mol. The lowest BCUT2D eigenvalue weighted by atomic mass is 9.97. The lowest BCUT2D eigenvalue weighted by molar-refractivity contribution is -0.141. The first-order valence-electron chi connectivity index (χ1n) is 4.72. The van der Waals surface area contributed by atoms with Crippen LogP contribution in [0.1, 0.15) is 18.9 Å². The molecule has 0 aromatic heterocycles. The van der Waals surface area contributed by atoms with Gasteiger partial charge in [0.05, 0.1) is 5.92 Å². The third-order valence-electron chi connectivity index (χ3n) is 2.35. The maximum Gasteiger partial charge on any atom is 0.306 e. The van der Waals surface area contributed by atoms with Crippen LogP contribution in [0.2, 0.25) is 10.0 Å². The van der Waals surface area contributed by atoms with Crippen LogP contribution in [0.3, 0.4) is 0 Å². The second-order valence-corrected chi connectivity index (χ2v) is 4.16. The summed E-state index contributed by atoms with van der Waals surface area (Å²) in [7, 11) is 0. The van der Waals surface area contributed by atoms with Gasteiger partial charge >= 0.3 is 5.97 Å². The van der Waals surface area contributed by atoms with Gasteiger partial charge in [-0.25, -0.2) is 0 Å². The highest BCUT2D eigenvalue weighted by Gasteiger charge is 2.18. The fraction of sp³-hybridized carbons (Fsp3) is 0.364. The van der Waals surface area contributed by atoms with E-state index in [1.807, 2.05) is 6.92 Å². The Morgan fingerprint density at radius 1 is 1.40 bits per heavy atom. The van der Waals surface area contributed by atoms with Crippen molar-refractivity contribution in [2.24, 2.45) is 5.92 Å². The first kappa shape index (κ1) is 12.3. The van der Waals surface area contributed by atoms with E-state index >= 15 is 0 Å². The second-order valence-electron chi connectivity index (χ2n) is 3.35. The van der Waals surface area contributed by atoms with Crippen molar-refractivity contribution in [3.63, 3.8) is 0 Å². The van der Waals surface area contributed by atoms with E-state index in [4.69, 9.17) is 28.3 Å². The zero-order valence-corrected chi connectivity index (χ0v) is 9.85. The second kappa shape index (κ2) is 5.38. The molecule has 0 aliphatic heterocycles. The van der Waals surface area contributed by atoms with Gasteiger partial charge in [-0.2, -0.15) is 0 Å². The number of halogens is 2. The summed E-state index contributed by atoms with van der Waals surface area (Å²) in [5.74, 6) is -1.24. The molecular weight excluding hydrogens is 235 g/mol. The maximum absolute atomic E-state index is 10.9. The zero-order valence-electron chi connectivity index (χ0n) is 8.34. The van der Waals surface area contributed by atoms with Crippen LogP contribution >= 0.6 is 23.2 Å². The lowest BCUT2D eigenvalue weighted by Crippen LogP contribution is -2.15. The molecule has 15 heavy (non-hydrogen) atoms. The molecule has 1 atom stereocenters. The number of carboxylic acids is 1. The van der Waals surface area contributed by atoms with E-state index in [0.29, 0.717) is 22.9 Å². The van der Waals surface area contributed by atoms with Crippen molar-refractivity contribution < 1.29 is 9.90 Å². The summed E-state index contributed by atoms with van der Waals surface area (Å²) >= 11 is 11.9. The number of aliphatic carboxylic acids is 1. The highest BCUT2D eigenvalue weighted by atomic mass is 35.5. The molecule has 0 heterocycles. The predicted molar refractivity (Wildman–Crippen MR) is 61.6 cm³/mol. The smallest absolute Gasteiger partial charge is 0.306 e. The summed E-state index contributed by atoms with van der Waals surface area (Å²) in [6.45, 7) is 1.84. The van der Waals surface area contributed by atoms with Gasteiger partial charge in [0.2, 0.25) is 0 Å². The minimum absolute atomic E-state index is 0.379. The number of rotatable bonds is 4. The van der Waals surface area contributed by atoms with Crippen molar-refractivity contribution in [2.45, 2.75) is 19.8 Å². The summed E-state index contributed by atoms with van der Waals surface area (Å²) in [6, 6.07) is 5.19. The molecule has 4 heteroatoms. The van der Waals surface area contributed by atoms with Gasteiger partial charge in [0.25, 0.3) is 0 Å². The van der Waals surface area contributed by atoms with Gasteiger partial charge in [-0.15, -0.1) is 0 Å². The normalized spacial score (nSPS) is 12.5. The van der Waals surface area contributed by atoms with E-state index in [9.17, 15) is 4.79 Å². The number of carbonyl (C=O) groups is 1.